The summed E-state index contributed by atoms with van der Waals surface area (Å²) in [4.78, 5) is 13.9. The first-order valence-corrected chi connectivity index (χ1v) is 22.4. The molecule has 0 aliphatic carbocycles. The zero-order valence-corrected chi connectivity index (χ0v) is 35.3. The van der Waals surface area contributed by atoms with Crippen molar-refractivity contribution in [3.05, 3.63) is 229 Å². The van der Waals surface area contributed by atoms with Crippen LogP contribution in [0.15, 0.2) is 194 Å². The van der Waals surface area contributed by atoms with Crippen LogP contribution in [0.3, 0.4) is 0 Å². The molecule has 0 radical (unpaired) electrons. The van der Waals surface area contributed by atoms with Gasteiger partial charge in [-0.25, -0.2) is 41.3 Å². The molecular weight excluding hydrogens is 864 g/mol. The molecular formula is C55H32F6N3OP. The van der Waals surface area contributed by atoms with Gasteiger partial charge in [0.15, 0.2) is 47.9 Å². The Hall–Kier alpha value is -7.94. The largest absolute Gasteiger partial charge is 0.309 e. The lowest BCUT2D eigenvalue weighted by atomic mass is 9.90. The second-order valence-corrected chi connectivity index (χ2v) is 18.2. The summed E-state index contributed by atoms with van der Waals surface area (Å²) in [6, 6.07) is 51.7. The SMILES string of the molecule is O=P(c1ccccc1)(c1ccccc1)c1ccc(-c2c(F)c(F)c(-c3ccc(-c4ccc(-c5nc(-c6ccc(F)cc6)nc(-c6ccc(F)cc6)n5)cc4)c4ccccc34)c(F)c2F)cc1. The molecule has 4 nitrogen and oxygen atoms in total. The van der Waals surface area contributed by atoms with Crippen LogP contribution in [0, 0.1) is 34.9 Å². The molecule has 0 aliphatic rings. The van der Waals surface area contributed by atoms with Gasteiger partial charge in [-0.15, -0.1) is 0 Å². The van der Waals surface area contributed by atoms with E-state index in [1.165, 1.54) is 54.6 Å². The van der Waals surface area contributed by atoms with Crippen LogP contribution in [0.1, 0.15) is 0 Å². The minimum atomic E-state index is -3.44. The van der Waals surface area contributed by atoms with Crippen molar-refractivity contribution in [2.75, 3.05) is 0 Å². The molecule has 0 amide bonds. The van der Waals surface area contributed by atoms with Crippen molar-refractivity contribution < 1.29 is 30.9 Å². The minimum absolute atomic E-state index is 0.0563. The van der Waals surface area contributed by atoms with Crippen LogP contribution in [0.4, 0.5) is 26.3 Å². The van der Waals surface area contributed by atoms with E-state index in [1.54, 1.807) is 127 Å². The predicted octanol–water partition coefficient (Wildman–Crippen LogP) is 13.5. The lowest BCUT2D eigenvalue weighted by Crippen LogP contribution is -2.24. The summed E-state index contributed by atoms with van der Waals surface area (Å²) in [6.07, 6.45) is 0. The summed E-state index contributed by atoms with van der Waals surface area (Å²) in [5.41, 5.74) is 1.11. The van der Waals surface area contributed by atoms with Crippen molar-refractivity contribution in [3.8, 4) is 67.5 Å². The highest BCUT2D eigenvalue weighted by atomic mass is 31.2. The molecule has 1 heterocycles. The Morgan fingerprint density at radius 2 is 0.636 bits per heavy atom. The number of aromatic nitrogens is 3. The number of hydrogen-bond donors (Lipinski definition) is 0. The van der Waals surface area contributed by atoms with Crippen LogP contribution >= 0.6 is 7.14 Å². The van der Waals surface area contributed by atoms with Crippen molar-refractivity contribution in [2.24, 2.45) is 0 Å². The van der Waals surface area contributed by atoms with Crippen LogP contribution in [0.5, 0.6) is 0 Å². The second-order valence-electron chi connectivity index (χ2n) is 15.4. The molecule has 0 spiro atoms. The molecule has 0 atom stereocenters. The molecule has 10 rings (SSSR count). The molecule has 10 aromatic rings. The van der Waals surface area contributed by atoms with Gasteiger partial charge >= 0.3 is 0 Å². The highest BCUT2D eigenvalue weighted by Gasteiger charge is 2.32. The van der Waals surface area contributed by atoms with Crippen molar-refractivity contribution in [1.82, 2.24) is 15.0 Å². The molecule has 0 N–H and O–H groups in total. The van der Waals surface area contributed by atoms with Crippen LogP contribution in [-0.2, 0) is 4.57 Å². The number of benzene rings is 9. The fourth-order valence-electron chi connectivity index (χ4n) is 8.21. The molecule has 0 fully saturated rings. The zero-order chi connectivity index (χ0) is 45.5. The molecule has 0 saturated heterocycles. The van der Waals surface area contributed by atoms with E-state index in [0.717, 1.165) is 0 Å². The van der Waals surface area contributed by atoms with Gasteiger partial charge in [0.1, 0.15) is 11.6 Å². The maximum Gasteiger partial charge on any atom is 0.171 e. The maximum absolute atomic E-state index is 16.4. The average molecular weight is 896 g/mol. The van der Waals surface area contributed by atoms with Gasteiger partial charge in [-0.1, -0.05) is 146 Å². The van der Waals surface area contributed by atoms with E-state index < -0.39 is 53.2 Å². The van der Waals surface area contributed by atoms with Crippen LogP contribution < -0.4 is 15.9 Å². The molecule has 9 aromatic carbocycles. The number of rotatable bonds is 9. The topological polar surface area (TPSA) is 55.7 Å². The second kappa shape index (κ2) is 17.2. The van der Waals surface area contributed by atoms with Gasteiger partial charge in [-0.05, 0) is 81.6 Å². The van der Waals surface area contributed by atoms with Gasteiger partial charge in [0, 0.05) is 32.6 Å². The lowest BCUT2D eigenvalue weighted by molar-refractivity contribution is 0.463. The minimum Gasteiger partial charge on any atom is -0.309 e. The first kappa shape index (κ1) is 42.0. The van der Waals surface area contributed by atoms with Crippen LogP contribution in [-0.4, -0.2) is 15.0 Å². The number of halogens is 6. The standard InChI is InChI=1S/C55H32F6N3OP/c56-38-25-19-36(20-26-38)54-62-53(63-55(64-54)37-21-27-39(57)28-22-37)35-17-15-33(16-18-35)43-31-32-46(45-14-8-7-13-44(43)45)48-51(60)49(58)47(50(59)52(48)61)34-23-29-42(30-24-34)66(65,40-9-3-1-4-10-40)41-11-5-2-6-12-41/h1-32H. The number of fused-ring (bicyclic) bond motifs is 1. The highest BCUT2D eigenvalue weighted by Crippen LogP contribution is 2.45. The Balaban J connectivity index is 1.00. The summed E-state index contributed by atoms with van der Waals surface area (Å²) in [6.45, 7) is 0. The van der Waals surface area contributed by atoms with Gasteiger partial charge < -0.3 is 4.57 Å². The van der Waals surface area contributed by atoms with E-state index in [4.69, 9.17) is 0 Å². The highest BCUT2D eigenvalue weighted by molar-refractivity contribution is 7.85. The van der Waals surface area contributed by atoms with Gasteiger partial charge in [0.05, 0.1) is 11.1 Å². The van der Waals surface area contributed by atoms with Crippen molar-refractivity contribution >= 4 is 33.8 Å². The molecule has 11 heteroatoms. The smallest absolute Gasteiger partial charge is 0.171 e. The van der Waals surface area contributed by atoms with E-state index in [-0.39, 0.29) is 22.8 Å². The van der Waals surface area contributed by atoms with E-state index in [2.05, 4.69) is 15.0 Å². The Bertz CT molecular complexity index is 3350. The van der Waals surface area contributed by atoms with Crippen molar-refractivity contribution in [3.63, 3.8) is 0 Å². The summed E-state index contributed by atoms with van der Waals surface area (Å²) >= 11 is 0. The maximum atomic E-state index is 16.4. The Morgan fingerprint density at radius 1 is 0.303 bits per heavy atom. The third-order valence-electron chi connectivity index (χ3n) is 11.5. The van der Waals surface area contributed by atoms with Crippen molar-refractivity contribution in [2.45, 2.75) is 0 Å². The fourth-order valence-corrected chi connectivity index (χ4v) is 10.9. The van der Waals surface area contributed by atoms with Gasteiger partial charge in [0.2, 0.25) is 0 Å². The predicted molar refractivity (Wildman–Crippen MR) is 249 cm³/mol. The van der Waals surface area contributed by atoms with Crippen LogP contribution in [0.2, 0.25) is 0 Å². The molecule has 0 bridgehead atoms. The van der Waals surface area contributed by atoms with Crippen LogP contribution in [0.25, 0.3) is 78.3 Å². The summed E-state index contributed by atoms with van der Waals surface area (Å²) in [5.74, 6) is -6.27. The van der Waals surface area contributed by atoms with E-state index >= 15 is 17.6 Å². The van der Waals surface area contributed by atoms with Gasteiger partial charge in [0.25, 0.3) is 0 Å². The van der Waals surface area contributed by atoms with E-state index in [9.17, 15) is 13.3 Å². The number of hydrogen-bond acceptors (Lipinski definition) is 4. The van der Waals surface area contributed by atoms with Gasteiger partial charge in [-0.2, -0.15) is 0 Å². The molecule has 0 unspecified atom stereocenters. The molecule has 1 aromatic heterocycles. The third-order valence-corrected chi connectivity index (χ3v) is 14.6. The summed E-state index contributed by atoms with van der Waals surface area (Å²) < 4.78 is 108. The first-order chi connectivity index (χ1) is 32.1. The average Bonchev–Trinajstić information content (AvgIpc) is 3.37. The summed E-state index contributed by atoms with van der Waals surface area (Å²) in [5, 5.41) is 2.37. The van der Waals surface area contributed by atoms with E-state index in [0.29, 0.717) is 60.3 Å². The third kappa shape index (κ3) is 7.55. The molecule has 0 aliphatic heterocycles. The summed E-state index contributed by atoms with van der Waals surface area (Å²) in [7, 11) is -3.44. The molecule has 320 valence electrons. The quantitative estimate of drug-likeness (QED) is 0.0823. The first-order valence-electron chi connectivity index (χ1n) is 20.7. The normalized spacial score (nSPS) is 11.5. The molecule has 66 heavy (non-hydrogen) atoms. The molecule has 0 saturated carbocycles. The van der Waals surface area contributed by atoms with E-state index in [1.807, 2.05) is 12.1 Å². The zero-order valence-electron chi connectivity index (χ0n) is 34.4. The van der Waals surface area contributed by atoms with Gasteiger partial charge in [-0.3, -0.25) is 0 Å². The Morgan fingerprint density at radius 3 is 1.09 bits per heavy atom. The number of nitrogens with zero attached hydrogens (tertiary/aromatic N) is 3. The monoisotopic (exact) mass is 895 g/mol. The lowest BCUT2D eigenvalue weighted by Gasteiger charge is -2.20. The fraction of sp³-hybridized carbons (Fsp3) is 0. The Labute approximate surface area is 375 Å². The Kier molecular flexibility index (Phi) is 11.0. The van der Waals surface area contributed by atoms with Crippen molar-refractivity contribution in [1.29, 1.82) is 0 Å².